The summed E-state index contributed by atoms with van der Waals surface area (Å²) in [6, 6.07) is 6.15. The van der Waals surface area contributed by atoms with Crippen LogP contribution in [0.2, 0.25) is 0 Å². The van der Waals surface area contributed by atoms with Crippen molar-refractivity contribution in [1.82, 2.24) is 0 Å². The minimum absolute atomic E-state index is 0.102. The molecule has 0 heteroatoms. The average Bonchev–Trinajstić information content (AvgIpc) is 1.82. The molecule has 1 rings (SSSR count). The fraction of sp³-hybridized carbons (Fsp3) is 0.400. The molecule has 1 aromatic rings. The molecule has 0 unspecified atom stereocenters. The average molecular weight is 138 g/mol. The first-order chi connectivity index (χ1) is 5.43. The largest absolute Gasteiger partial charge is 0.0626 e. The lowest BCUT2D eigenvalue weighted by Gasteiger charge is -2.18. The monoisotopic (exact) mass is 138 g/mol. The second kappa shape index (κ2) is 2.45. The first-order valence-electron chi connectivity index (χ1n) is 4.49. The van der Waals surface area contributed by atoms with Gasteiger partial charge in [0.05, 0.1) is 2.74 Å². The van der Waals surface area contributed by atoms with Crippen LogP contribution in [0.5, 0.6) is 0 Å². The van der Waals surface area contributed by atoms with Crippen LogP contribution >= 0.6 is 0 Å². The lowest BCUT2D eigenvalue weighted by atomic mass is 9.87. The molecule has 54 valence electrons. The topological polar surface area (TPSA) is 0 Å². The van der Waals surface area contributed by atoms with E-state index in [0.29, 0.717) is 12.1 Å². The van der Waals surface area contributed by atoms with Gasteiger partial charge < -0.3 is 0 Å². The number of hydrogen-bond acceptors (Lipinski definition) is 0. The van der Waals surface area contributed by atoms with Crippen LogP contribution in [0.15, 0.2) is 30.3 Å². The van der Waals surface area contributed by atoms with Gasteiger partial charge in [-0.3, -0.25) is 0 Å². The molecular formula is C10H14. The molecule has 0 atom stereocenters. The Morgan fingerprint density at radius 2 is 1.60 bits per heavy atom. The van der Waals surface area contributed by atoms with E-state index in [0.717, 1.165) is 5.56 Å². The van der Waals surface area contributed by atoms with Crippen LogP contribution in [-0.4, -0.2) is 0 Å². The van der Waals surface area contributed by atoms with Gasteiger partial charge in [0.1, 0.15) is 0 Å². The summed E-state index contributed by atoms with van der Waals surface area (Å²) in [4.78, 5) is 0. The molecule has 0 saturated carbocycles. The van der Waals surface area contributed by atoms with Crippen molar-refractivity contribution < 1.29 is 2.74 Å². The Morgan fingerprint density at radius 3 is 1.90 bits per heavy atom. The summed E-state index contributed by atoms with van der Waals surface area (Å²) in [6.45, 7) is 6.08. The predicted molar refractivity (Wildman–Crippen MR) is 45.1 cm³/mol. The Kier molecular flexibility index (Phi) is 1.21. The molecule has 0 N–H and O–H groups in total. The van der Waals surface area contributed by atoms with Crippen LogP contribution in [0.3, 0.4) is 0 Å². The van der Waals surface area contributed by atoms with E-state index in [1.807, 2.05) is 20.8 Å². The van der Waals surface area contributed by atoms with Gasteiger partial charge in [-0.2, -0.15) is 0 Å². The highest BCUT2D eigenvalue weighted by atomic mass is 14.2. The number of rotatable bonds is 0. The summed E-state index contributed by atoms with van der Waals surface area (Å²) in [5, 5.41) is 0. The molecule has 0 spiro atoms. The van der Waals surface area contributed by atoms with Crippen molar-refractivity contribution in [3.8, 4) is 0 Å². The van der Waals surface area contributed by atoms with E-state index in [2.05, 4.69) is 0 Å². The van der Waals surface area contributed by atoms with E-state index < -0.39 is 0 Å². The van der Waals surface area contributed by atoms with Gasteiger partial charge in [-0.25, -0.2) is 0 Å². The zero-order chi connectivity index (χ0) is 9.35. The van der Waals surface area contributed by atoms with Crippen LogP contribution in [0.4, 0.5) is 0 Å². The zero-order valence-corrected chi connectivity index (χ0v) is 6.73. The van der Waals surface area contributed by atoms with E-state index in [9.17, 15) is 0 Å². The molecule has 1 aromatic carbocycles. The molecular weight excluding hydrogens is 120 g/mol. The summed E-state index contributed by atoms with van der Waals surface area (Å²) >= 11 is 0. The van der Waals surface area contributed by atoms with Crippen LogP contribution in [0.1, 0.15) is 29.1 Å². The lowest BCUT2D eigenvalue weighted by molar-refractivity contribution is 0.590. The molecule has 0 fully saturated rings. The van der Waals surface area contributed by atoms with E-state index in [-0.39, 0.29) is 5.41 Å². The van der Waals surface area contributed by atoms with Crippen LogP contribution in [0.25, 0.3) is 0 Å². The van der Waals surface area contributed by atoms with Gasteiger partial charge >= 0.3 is 0 Å². The quantitative estimate of drug-likeness (QED) is 0.517. The predicted octanol–water partition coefficient (Wildman–Crippen LogP) is 2.98. The maximum atomic E-state index is 7.65. The Bertz CT molecular complexity index is 264. The fourth-order valence-corrected chi connectivity index (χ4v) is 0.786. The molecule has 0 nitrogen and oxygen atoms in total. The SMILES string of the molecule is [3H]c1cccc([3H])c1C(C)(C)C. The molecule has 0 aliphatic heterocycles. The van der Waals surface area contributed by atoms with Crippen molar-refractivity contribution in [3.63, 3.8) is 0 Å². The third kappa shape index (κ3) is 1.60. The summed E-state index contributed by atoms with van der Waals surface area (Å²) in [6.07, 6.45) is 0. The van der Waals surface area contributed by atoms with Crippen LogP contribution in [-0.2, 0) is 5.41 Å². The van der Waals surface area contributed by atoms with Gasteiger partial charge in [0.25, 0.3) is 0 Å². The van der Waals surface area contributed by atoms with E-state index in [1.165, 1.54) is 0 Å². The van der Waals surface area contributed by atoms with Crippen LogP contribution in [0, 0.1) is 0 Å². The molecule has 10 heavy (non-hydrogen) atoms. The third-order valence-electron chi connectivity index (χ3n) is 1.40. The molecule has 0 aliphatic carbocycles. The smallest absolute Gasteiger partial charge is 0.0622 e. The highest BCUT2D eigenvalue weighted by molar-refractivity contribution is 5.21. The molecule has 0 aliphatic rings. The van der Waals surface area contributed by atoms with Gasteiger partial charge in [-0.05, 0) is 11.0 Å². The maximum Gasteiger partial charge on any atom is 0.0626 e. The second-order valence-electron chi connectivity index (χ2n) is 3.44. The Balaban J connectivity index is 3.31. The minimum Gasteiger partial charge on any atom is -0.0622 e. The summed E-state index contributed by atoms with van der Waals surface area (Å²) < 4.78 is 15.3. The molecule has 0 saturated heterocycles. The highest BCUT2D eigenvalue weighted by Gasteiger charge is 2.11. The first kappa shape index (κ1) is 4.95. The van der Waals surface area contributed by atoms with Crippen molar-refractivity contribution >= 4 is 0 Å². The molecule has 0 aromatic heterocycles. The second-order valence-corrected chi connectivity index (χ2v) is 3.44. The number of hydrogen-bond donors (Lipinski definition) is 0. The Hall–Kier alpha value is -0.780. The van der Waals surface area contributed by atoms with Crippen molar-refractivity contribution in [2.75, 3.05) is 0 Å². The molecule has 0 heterocycles. The Labute approximate surface area is 65.7 Å². The van der Waals surface area contributed by atoms with Crippen molar-refractivity contribution in [1.29, 1.82) is 0 Å². The van der Waals surface area contributed by atoms with Crippen molar-refractivity contribution in [2.45, 2.75) is 26.2 Å². The summed E-state index contributed by atoms with van der Waals surface area (Å²) in [7, 11) is 0. The van der Waals surface area contributed by atoms with E-state index in [4.69, 9.17) is 2.74 Å². The third-order valence-corrected chi connectivity index (χ3v) is 1.40. The minimum atomic E-state index is -0.102. The number of benzene rings is 1. The highest BCUT2D eigenvalue weighted by Crippen LogP contribution is 2.20. The first-order valence-corrected chi connectivity index (χ1v) is 3.49. The normalized spacial score (nSPS) is 14.3. The van der Waals surface area contributed by atoms with Gasteiger partial charge in [0.2, 0.25) is 0 Å². The molecule has 0 bridgehead atoms. The zero-order valence-electron chi connectivity index (χ0n) is 8.73. The van der Waals surface area contributed by atoms with Crippen molar-refractivity contribution in [3.05, 3.63) is 35.8 Å². The molecule has 0 amide bonds. The van der Waals surface area contributed by atoms with E-state index in [1.54, 1.807) is 18.2 Å². The van der Waals surface area contributed by atoms with Gasteiger partial charge in [-0.15, -0.1) is 0 Å². The summed E-state index contributed by atoms with van der Waals surface area (Å²) in [5.41, 5.74) is 0.722. The molecule has 0 radical (unpaired) electrons. The van der Waals surface area contributed by atoms with Gasteiger partial charge in [0.15, 0.2) is 0 Å². The fourth-order valence-electron chi connectivity index (χ4n) is 0.786. The summed E-state index contributed by atoms with van der Waals surface area (Å²) in [5.74, 6) is 0. The maximum absolute atomic E-state index is 7.65. The standard InChI is InChI=1S/C10H14/c1-10(2,3)9-7-5-4-6-8-9/h4-8H,1-3H3/i7T,8T. The van der Waals surface area contributed by atoms with Crippen LogP contribution < -0.4 is 0 Å². The van der Waals surface area contributed by atoms with Gasteiger partial charge in [0, 0.05) is 0 Å². The van der Waals surface area contributed by atoms with Crippen molar-refractivity contribution in [2.24, 2.45) is 0 Å². The Morgan fingerprint density at radius 1 is 1.10 bits per heavy atom. The van der Waals surface area contributed by atoms with E-state index >= 15 is 0 Å². The lowest BCUT2D eigenvalue weighted by Crippen LogP contribution is -2.10. The van der Waals surface area contributed by atoms with Gasteiger partial charge in [-0.1, -0.05) is 51.1 Å².